The van der Waals surface area contributed by atoms with Gasteiger partial charge in [-0.05, 0) is 6.42 Å². The van der Waals surface area contributed by atoms with E-state index in [1.807, 2.05) is 0 Å². The van der Waals surface area contributed by atoms with Gasteiger partial charge in [0, 0.05) is 6.54 Å². The Morgan fingerprint density at radius 2 is 1.75 bits per heavy atom. The molecule has 0 bridgehead atoms. The van der Waals surface area contributed by atoms with Crippen LogP contribution < -0.4 is 11.1 Å². The maximum atomic E-state index is 11.2. The Balaban J connectivity index is 3.18. The number of hydrogen-bond acceptors (Lipinski definition) is 3. The summed E-state index contributed by atoms with van der Waals surface area (Å²) in [5.74, 6) is -0.256. The van der Waals surface area contributed by atoms with Crippen LogP contribution in [0.3, 0.4) is 0 Å². The summed E-state index contributed by atoms with van der Waals surface area (Å²) in [6.07, 6.45) is 8.59. The Labute approximate surface area is 98.6 Å². The van der Waals surface area contributed by atoms with Gasteiger partial charge >= 0.3 is 0 Å². The van der Waals surface area contributed by atoms with E-state index < -0.39 is 6.04 Å². The lowest BCUT2D eigenvalue weighted by atomic mass is 10.1. The largest absolute Gasteiger partial charge is 0.394 e. The molecule has 0 aliphatic carbocycles. The molecule has 4 nitrogen and oxygen atoms in total. The van der Waals surface area contributed by atoms with Crippen LogP contribution in [0.2, 0.25) is 0 Å². The lowest BCUT2D eigenvalue weighted by Crippen LogP contribution is -2.43. The Kier molecular flexibility index (Phi) is 10.5. The van der Waals surface area contributed by atoms with E-state index in [2.05, 4.69) is 12.2 Å². The Morgan fingerprint density at radius 3 is 2.31 bits per heavy atom. The van der Waals surface area contributed by atoms with Gasteiger partial charge < -0.3 is 16.2 Å². The molecule has 0 radical (unpaired) electrons. The van der Waals surface area contributed by atoms with Crippen LogP contribution >= 0.6 is 0 Å². The molecule has 96 valence electrons. The summed E-state index contributed by atoms with van der Waals surface area (Å²) in [5.41, 5.74) is 5.35. The highest BCUT2D eigenvalue weighted by molar-refractivity contribution is 5.81. The summed E-state index contributed by atoms with van der Waals surface area (Å²) in [7, 11) is 0. The molecule has 4 heteroatoms. The number of nitrogens with one attached hydrogen (secondary N) is 1. The number of amides is 1. The van der Waals surface area contributed by atoms with Gasteiger partial charge in [0.2, 0.25) is 5.91 Å². The van der Waals surface area contributed by atoms with E-state index in [1.165, 1.54) is 32.1 Å². The van der Waals surface area contributed by atoms with Crippen LogP contribution in [0.4, 0.5) is 0 Å². The van der Waals surface area contributed by atoms with Crippen molar-refractivity contribution >= 4 is 5.91 Å². The average Bonchev–Trinajstić information content (AvgIpc) is 2.31. The lowest BCUT2D eigenvalue weighted by molar-refractivity contribution is -0.123. The molecular weight excluding hydrogens is 204 g/mol. The van der Waals surface area contributed by atoms with Gasteiger partial charge in [0.05, 0.1) is 6.61 Å². The predicted octanol–water partition coefficient (Wildman–Crippen LogP) is 1.17. The molecule has 4 N–H and O–H groups in total. The smallest absolute Gasteiger partial charge is 0.239 e. The standard InChI is InChI=1S/C12H26N2O2/c1-2-3-4-5-6-7-8-9-14-12(16)11(13)10-15/h11,15H,2-10,13H2,1H3,(H,14,16). The Morgan fingerprint density at radius 1 is 1.19 bits per heavy atom. The van der Waals surface area contributed by atoms with Crippen molar-refractivity contribution < 1.29 is 9.90 Å². The molecule has 0 aliphatic rings. The van der Waals surface area contributed by atoms with Gasteiger partial charge in [-0.3, -0.25) is 4.79 Å². The predicted molar refractivity (Wildman–Crippen MR) is 66.1 cm³/mol. The summed E-state index contributed by atoms with van der Waals surface area (Å²) >= 11 is 0. The molecule has 0 rings (SSSR count). The van der Waals surface area contributed by atoms with Crippen molar-refractivity contribution in [1.82, 2.24) is 5.32 Å². The van der Waals surface area contributed by atoms with Gasteiger partial charge in [-0.15, -0.1) is 0 Å². The van der Waals surface area contributed by atoms with Crippen LogP contribution in [0.1, 0.15) is 51.9 Å². The van der Waals surface area contributed by atoms with Gasteiger partial charge in [-0.25, -0.2) is 0 Å². The molecule has 0 aromatic heterocycles. The highest BCUT2D eigenvalue weighted by atomic mass is 16.3. The third-order valence-electron chi connectivity index (χ3n) is 2.61. The van der Waals surface area contributed by atoms with Gasteiger partial charge in [0.15, 0.2) is 0 Å². The van der Waals surface area contributed by atoms with Crippen molar-refractivity contribution in [3.8, 4) is 0 Å². The number of aliphatic hydroxyl groups is 1. The van der Waals surface area contributed by atoms with Crippen LogP contribution in [-0.2, 0) is 4.79 Å². The molecule has 0 saturated carbocycles. The van der Waals surface area contributed by atoms with Gasteiger partial charge in [0.1, 0.15) is 6.04 Å². The van der Waals surface area contributed by atoms with Crippen molar-refractivity contribution in [3.63, 3.8) is 0 Å². The van der Waals surface area contributed by atoms with Crippen LogP contribution in [0.5, 0.6) is 0 Å². The fourth-order valence-electron chi connectivity index (χ4n) is 1.51. The molecular formula is C12H26N2O2. The minimum atomic E-state index is -0.774. The fraction of sp³-hybridized carbons (Fsp3) is 0.917. The molecule has 16 heavy (non-hydrogen) atoms. The number of aliphatic hydroxyl groups excluding tert-OH is 1. The molecule has 0 aromatic rings. The quantitative estimate of drug-likeness (QED) is 0.493. The van der Waals surface area contributed by atoms with Crippen LogP contribution in [0, 0.1) is 0 Å². The minimum Gasteiger partial charge on any atom is -0.394 e. The summed E-state index contributed by atoms with van der Waals surface area (Å²) in [5, 5.41) is 11.4. The minimum absolute atomic E-state index is 0.256. The van der Waals surface area contributed by atoms with E-state index in [9.17, 15) is 4.79 Å². The molecule has 0 heterocycles. The Hall–Kier alpha value is -0.610. The molecule has 1 unspecified atom stereocenters. The zero-order chi connectivity index (χ0) is 12.2. The molecule has 0 aromatic carbocycles. The van der Waals surface area contributed by atoms with Crippen LogP contribution in [-0.4, -0.2) is 30.2 Å². The van der Waals surface area contributed by atoms with Gasteiger partial charge in [-0.1, -0.05) is 45.4 Å². The van der Waals surface area contributed by atoms with E-state index in [0.717, 1.165) is 12.8 Å². The molecule has 1 atom stereocenters. The Bertz CT molecular complexity index is 174. The van der Waals surface area contributed by atoms with E-state index >= 15 is 0 Å². The maximum Gasteiger partial charge on any atom is 0.239 e. The van der Waals surface area contributed by atoms with Gasteiger partial charge in [-0.2, -0.15) is 0 Å². The normalized spacial score (nSPS) is 12.4. The highest BCUT2D eigenvalue weighted by Crippen LogP contribution is 2.06. The molecule has 1 amide bonds. The van der Waals surface area contributed by atoms with E-state index in [-0.39, 0.29) is 12.5 Å². The molecule has 0 aliphatic heterocycles. The molecule has 0 saturated heterocycles. The van der Waals surface area contributed by atoms with Crippen molar-refractivity contribution in [1.29, 1.82) is 0 Å². The summed E-state index contributed by atoms with van der Waals surface area (Å²) < 4.78 is 0. The highest BCUT2D eigenvalue weighted by Gasteiger charge is 2.09. The van der Waals surface area contributed by atoms with E-state index in [0.29, 0.717) is 6.54 Å². The summed E-state index contributed by atoms with van der Waals surface area (Å²) in [6, 6.07) is -0.774. The first-order valence-corrected chi connectivity index (χ1v) is 6.36. The number of hydrogen-bond donors (Lipinski definition) is 3. The number of unbranched alkanes of at least 4 members (excludes halogenated alkanes) is 6. The van der Waals surface area contributed by atoms with Gasteiger partial charge in [0.25, 0.3) is 0 Å². The van der Waals surface area contributed by atoms with Crippen LogP contribution in [0.25, 0.3) is 0 Å². The second-order valence-electron chi connectivity index (χ2n) is 4.20. The first kappa shape index (κ1) is 15.4. The SMILES string of the molecule is CCCCCCCCCNC(=O)C(N)CO. The maximum absolute atomic E-state index is 11.2. The number of carbonyl (C=O) groups excluding carboxylic acids is 1. The van der Waals surface area contributed by atoms with Crippen molar-refractivity contribution in [2.75, 3.05) is 13.2 Å². The fourth-order valence-corrected chi connectivity index (χ4v) is 1.51. The summed E-state index contributed by atoms with van der Waals surface area (Å²) in [6.45, 7) is 2.59. The second kappa shape index (κ2) is 10.9. The van der Waals surface area contributed by atoms with Crippen molar-refractivity contribution in [3.05, 3.63) is 0 Å². The monoisotopic (exact) mass is 230 g/mol. The first-order valence-electron chi connectivity index (χ1n) is 6.36. The average molecular weight is 230 g/mol. The first-order chi connectivity index (χ1) is 7.72. The molecule has 0 spiro atoms. The number of rotatable bonds is 10. The lowest BCUT2D eigenvalue weighted by Gasteiger charge is -2.09. The third-order valence-corrected chi connectivity index (χ3v) is 2.61. The van der Waals surface area contributed by atoms with E-state index in [4.69, 9.17) is 10.8 Å². The second-order valence-corrected chi connectivity index (χ2v) is 4.20. The topological polar surface area (TPSA) is 75.4 Å². The van der Waals surface area contributed by atoms with Crippen molar-refractivity contribution in [2.45, 2.75) is 57.9 Å². The molecule has 0 fully saturated rings. The van der Waals surface area contributed by atoms with Crippen molar-refractivity contribution in [2.24, 2.45) is 5.73 Å². The third kappa shape index (κ3) is 8.68. The number of nitrogens with two attached hydrogens (primary N) is 1. The van der Waals surface area contributed by atoms with E-state index in [1.54, 1.807) is 0 Å². The van der Waals surface area contributed by atoms with Crippen LogP contribution in [0.15, 0.2) is 0 Å². The summed E-state index contributed by atoms with van der Waals surface area (Å²) in [4.78, 5) is 11.2. The zero-order valence-corrected chi connectivity index (χ0v) is 10.4. The zero-order valence-electron chi connectivity index (χ0n) is 10.4. The number of carbonyl (C=O) groups is 1.